The van der Waals surface area contributed by atoms with E-state index in [1.54, 1.807) is 19.2 Å². The van der Waals surface area contributed by atoms with Gasteiger partial charge in [0.05, 0.1) is 5.52 Å². The van der Waals surface area contributed by atoms with E-state index in [2.05, 4.69) is 39.6 Å². The molecule has 0 saturated heterocycles. The molecule has 0 aliphatic carbocycles. The van der Waals surface area contributed by atoms with Gasteiger partial charge in [-0.3, -0.25) is 9.98 Å². The number of rotatable bonds is 5. The summed E-state index contributed by atoms with van der Waals surface area (Å²) in [7, 11) is 3.74. The van der Waals surface area contributed by atoms with Crippen molar-refractivity contribution in [1.82, 2.24) is 15.2 Å². The van der Waals surface area contributed by atoms with E-state index in [1.165, 1.54) is 17.7 Å². The number of pyridine rings is 1. The van der Waals surface area contributed by atoms with Crippen molar-refractivity contribution in [3.63, 3.8) is 0 Å². The second-order valence-electron chi connectivity index (χ2n) is 6.20. The van der Waals surface area contributed by atoms with Crippen LogP contribution in [0.1, 0.15) is 11.1 Å². The minimum Gasteiger partial charge on any atom is -0.356 e. The van der Waals surface area contributed by atoms with Crippen molar-refractivity contribution < 1.29 is 4.39 Å². The van der Waals surface area contributed by atoms with Crippen LogP contribution in [0.15, 0.2) is 65.8 Å². The van der Waals surface area contributed by atoms with Crippen molar-refractivity contribution in [2.45, 2.75) is 13.0 Å². The van der Waals surface area contributed by atoms with Crippen molar-refractivity contribution in [1.29, 1.82) is 0 Å². The van der Waals surface area contributed by atoms with E-state index in [4.69, 9.17) is 0 Å². The van der Waals surface area contributed by atoms with Crippen LogP contribution >= 0.6 is 24.0 Å². The zero-order valence-corrected chi connectivity index (χ0v) is 17.9. The monoisotopic (exact) mass is 478 g/mol. The van der Waals surface area contributed by atoms with Gasteiger partial charge in [-0.15, -0.1) is 24.0 Å². The lowest BCUT2D eigenvalue weighted by molar-refractivity contribution is 0.476. The van der Waals surface area contributed by atoms with Crippen LogP contribution in [0.4, 0.5) is 4.39 Å². The van der Waals surface area contributed by atoms with E-state index in [9.17, 15) is 4.39 Å². The Morgan fingerprint density at radius 2 is 1.85 bits per heavy atom. The summed E-state index contributed by atoms with van der Waals surface area (Å²) in [5.41, 5.74) is 3.30. The number of hydrogen-bond donors (Lipinski definition) is 1. The highest BCUT2D eigenvalue weighted by atomic mass is 127. The lowest BCUT2D eigenvalue weighted by Crippen LogP contribution is -2.39. The zero-order chi connectivity index (χ0) is 18.4. The number of fused-ring (bicyclic) bond motifs is 1. The van der Waals surface area contributed by atoms with Crippen LogP contribution in [0.3, 0.4) is 0 Å². The second-order valence-corrected chi connectivity index (χ2v) is 6.20. The van der Waals surface area contributed by atoms with E-state index >= 15 is 0 Å². The molecule has 27 heavy (non-hydrogen) atoms. The fourth-order valence-electron chi connectivity index (χ4n) is 3.00. The Bertz CT molecular complexity index is 891. The predicted molar refractivity (Wildman–Crippen MR) is 120 cm³/mol. The Morgan fingerprint density at radius 1 is 1.11 bits per heavy atom. The number of hydrogen-bond acceptors (Lipinski definition) is 2. The first-order valence-corrected chi connectivity index (χ1v) is 8.66. The Kier molecular flexibility index (Phi) is 7.97. The van der Waals surface area contributed by atoms with Crippen LogP contribution in [0.5, 0.6) is 0 Å². The summed E-state index contributed by atoms with van der Waals surface area (Å²) < 4.78 is 13.0. The summed E-state index contributed by atoms with van der Waals surface area (Å²) >= 11 is 0. The number of para-hydroxylation sites is 1. The fraction of sp³-hybridized carbons (Fsp3) is 0.238. The van der Waals surface area contributed by atoms with Crippen molar-refractivity contribution in [2.24, 2.45) is 4.99 Å². The van der Waals surface area contributed by atoms with Gasteiger partial charge in [0.15, 0.2) is 5.96 Å². The number of aliphatic imine (C=N–C) groups is 1. The summed E-state index contributed by atoms with van der Waals surface area (Å²) in [6.07, 6.45) is 2.69. The SMILES string of the molecule is CN=C(NCCc1cccc2cccnc12)N(C)Cc1ccc(F)cc1.I. The van der Waals surface area contributed by atoms with Crippen LogP contribution in [0, 0.1) is 5.82 Å². The van der Waals surface area contributed by atoms with Crippen LogP contribution in [-0.2, 0) is 13.0 Å². The van der Waals surface area contributed by atoms with Crippen molar-refractivity contribution in [3.05, 3.63) is 77.7 Å². The van der Waals surface area contributed by atoms with E-state index in [0.29, 0.717) is 6.54 Å². The maximum Gasteiger partial charge on any atom is 0.193 e. The minimum atomic E-state index is -0.220. The molecule has 0 saturated carbocycles. The number of nitrogens with one attached hydrogen (secondary N) is 1. The third-order valence-electron chi connectivity index (χ3n) is 4.30. The van der Waals surface area contributed by atoms with Gasteiger partial charge >= 0.3 is 0 Å². The Labute approximate surface area is 176 Å². The second kappa shape index (κ2) is 10.2. The molecular formula is C21H24FIN4. The maximum absolute atomic E-state index is 13.0. The predicted octanol–water partition coefficient (Wildman–Crippen LogP) is 4.24. The molecule has 3 aromatic rings. The summed E-state index contributed by atoms with van der Waals surface area (Å²) in [4.78, 5) is 10.9. The third-order valence-corrected chi connectivity index (χ3v) is 4.30. The van der Waals surface area contributed by atoms with Gasteiger partial charge < -0.3 is 10.2 Å². The molecule has 0 atom stereocenters. The van der Waals surface area contributed by atoms with Crippen LogP contribution in [0.2, 0.25) is 0 Å². The average Bonchev–Trinajstić information content (AvgIpc) is 2.67. The van der Waals surface area contributed by atoms with Crippen LogP contribution in [-0.4, -0.2) is 36.5 Å². The normalized spacial score (nSPS) is 11.1. The maximum atomic E-state index is 13.0. The highest BCUT2D eigenvalue weighted by Crippen LogP contribution is 2.16. The van der Waals surface area contributed by atoms with E-state index < -0.39 is 0 Å². The van der Waals surface area contributed by atoms with Gasteiger partial charge in [-0.05, 0) is 35.7 Å². The molecule has 3 rings (SSSR count). The smallest absolute Gasteiger partial charge is 0.193 e. The summed E-state index contributed by atoms with van der Waals surface area (Å²) in [6.45, 7) is 1.42. The average molecular weight is 478 g/mol. The van der Waals surface area contributed by atoms with Gasteiger partial charge in [0.1, 0.15) is 5.82 Å². The van der Waals surface area contributed by atoms with Gasteiger partial charge in [-0.2, -0.15) is 0 Å². The lowest BCUT2D eigenvalue weighted by atomic mass is 10.1. The van der Waals surface area contributed by atoms with Crippen molar-refractivity contribution in [3.8, 4) is 0 Å². The molecular weight excluding hydrogens is 454 g/mol. The van der Waals surface area contributed by atoms with Crippen LogP contribution in [0.25, 0.3) is 10.9 Å². The van der Waals surface area contributed by atoms with Gasteiger partial charge in [0.25, 0.3) is 0 Å². The molecule has 0 aliphatic heterocycles. The first kappa shape index (κ1) is 21.1. The van der Waals surface area contributed by atoms with Crippen LogP contribution < -0.4 is 5.32 Å². The topological polar surface area (TPSA) is 40.5 Å². The standard InChI is InChI=1S/C21H23FN4.HI/c1-23-21(26(2)15-16-8-10-19(22)11-9-16)25-14-12-18-6-3-5-17-7-4-13-24-20(17)18;/h3-11,13H,12,14-15H2,1-2H3,(H,23,25);1H. The molecule has 2 aromatic carbocycles. The highest BCUT2D eigenvalue weighted by Gasteiger charge is 2.07. The number of halogens is 2. The largest absolute Gasteiger partial charge is 0.356 e. The first-order chi connectivity index (χ1) is 12.7. The van der Waals surface area contributed by atoms with Gasteiger partial charge in [-0.1, -0.05) is 36.4 Å². The lowest BCUT2D eigenvalue weighted by Gasteiger charge is -2.22. The Balaban J connectivity index is 0.00000261. The molecule has 0 fully saturated rings. The molecule has 4 nitrogen and oxygen atoms in total. The molecule has 0 amide bonds. The fourth-order valence-corrected chi connectivity index (χ4v) is 3.00. The molecule has 142 valence electrons. The highest BCUT2D eigenvalue weighted by molar-refractivity contribution is 14.0. The molecule has 0 spiro atoms. The molecule has 0 unspecified atom stereocenters. The number of nitrogens with zero attached hydrogens (tertiary/aromatic N) is 3. The van der Waals surface area contributed by atoms with Gasteiger partial charge in [0.2, 0.25) is 0 Å². The zero-order valence-electron chi connectivity index (χ0n) is 15.5. The molecule has 1 aromatic heterocycles. The van der Waals surface area contributed by atoms with Gasteiger partial charge in [0, 0.05) is 38.8 Å². The molecule has 1 heterocycles. The summed E-state index contributed by atoms with van der Waals surface area (Å²) in [6, 6.07) is 16.8. The minimum absolute atomic E-state index is 0. The molecule has 0 aliphatic rings. The number of aromatic nitrogens is 1. The summed E-state index contributed by atoms with van der Waals surface area (Å²) in [5, 5.41) is 4.54. The molecule has 1 N–H and O–H groups in total. The van der Waals surface area contributed by atoms with Crippen molar-refractivity contribution in [2.75, 3.05) is 20.6 Å². The van der Waals surface area contributed by atoms with E-state index in [0.717, 1.165) is 35.4 Å². The van der Waals surface area contributed by atoms with E-state index in [1.807, 2.05) is 24.2 Å². The Morgan fingerprint density at radius 3 is 2.59 bits per heavy atom. The summed E-state index contributed by atoms with van der Waals surface area (Å²) in [5.74, 6) is 0.588. The van der Waals surface area contributed by atoms with Gasteiger partial charge in [-0.25, -0.2) is 4.39 Å². The third kappa shape index (κ3) is 5.63. The van der Waals surface area contributed by atoms with Crippen molar-refractivity contribution >= 4 is 40.8 Å². The molecule has 6 heteroatoms. The molecule has 0 bridgehead atoms. The molecule has 0 radical (unpaired) electrons. The number of guanidine groups is 1. The van der Waals surface area contributed by atoms with E-state index in [-0.39, 0.29) is 29.8 Å². The Hall–Kier alpha value is -2.22. The first-order valence-electron chi connectivity index (χ1n) is 8.66. The quantitative estimate of drug-likeness (QED) is 0.339. The number of benzene rings is 2.